The Hall–Kier alpha value is -1.18. The van der Waals surface area contributed by atoms with Crippen LogP contribution in [0.5, 0.6) is 5.75 Å². The minimum absolute atomic E-state index is 0.0202. The lowest BCUT2D eigenvalue weighted by Crippen LogP contribution is -3.05. The molecule has 0 fully saturated rings. The van der Waals surface area contributed by atoms with Crippen molar-refractivity contribution in [1.29, 1.82) is 0 Å². The van der Waals surface area contributed by atoms with E-state index in [1.54, 1.807) is 18.3 Å². The molecule has 0 radical (unpaired) electrons. The average Bonchev–Trinajstić information content (AvgIpc) is 2.77. The Morgan fingerprint density at radius 1 is 1.22 bits per heavy atom. The van der Waals surface area contributed by atoms with E-state index in [1.807, 2.05) is 14.1 Å². The van der Waals surface area contributed by atoms with E-state index >= 15 is 0 Å². The first-order valence-electron chi connectivity index (χ1n) is 6.75. The van der Waals surface area contributed by atoms with Crippen molar-refractivity contribution in [3.63, 3.8) is 0 Å². The summed E-state index contributed by atoms with van der Waals surface area (Å²) in [5, 5.41) is 0.581. The Bertz CT molecular complexity index is 783. The molecule has 0 aliphatic heterocycles. The molecule has 0 saturated heterocycles. The van der Waals surface area contributed by atoms with Gasteiger partial charge in [-0.2, -0.15) is 4.31 Å². The van der Waals surface area contributed by atoms with Crippen molar-refractivity contribution in [3.8, 4) is 5.75 Å². The molecule has 1 atom stereocenters. The second-order valence-corrected chi connectivity index (χ2v) is 8.09. The van der Waals surface area contributed by atoms with Crippen LogP contribution in [0, 0.1) is 0 Å². The van der Waals surface area contributed by atoms with Crippen LogP contribution in [0.15, 0.2) is 24.4 Å². The number of aromatic nitrogens is 1. The summed E-state index contributed by atoms with van der Waals surface area (Å²) in [6.45, 7) is 0.830. The van der Waals surface area contributed by atoms with E-state index in [-0.39, 0.29) is 5.75 Å². The highest BCUT2D eigenvalue weighted by Crippen LogP contribution is 2.57. The third-order valence-electron chi connectivity index (χ3n) is 3.07. The van der Waals surface area contributed by atoms with Gasteiger partial charge in [-0.05, 0) is 17.7 Å². The van der Waals surface area contributed by atoms with Crippen molar-refractivity contribution >= 4 is 26.5 Å². The van der Waals surface area contributed by atoms with E-state index in [2.05, 4.69) is 9.29 Å². The summed E-state index contributed by atoms with van der Waals surface area (Å²) in [5.74, 6) is 0.0202. The molecule has 23 heavy (non-hydrogen) atoms. The van der Waals surface area contributed by atoms with Gasteiger partial charge in [-0.3, -0.25) is 4.89 Å². The predicted octanol–water partition coefficient (Wildman–Crippen LogP) is 0.443. The number of likely N-dealkylation sites (N-methyl/N-ethyl adjacent to an activating group) is 1. The molecule has 2 aromatic rings. The van der Waals surface area contributed by atoms with Crippen molar-refractivity contribution < 1.29 is 37.5 Å². The number of aromatic amines is 1. The van der Waals surface area contributed by atoms with E-state index in [4.69, 9.17) is 14.3 Å². The average molecular weight is 365 g/mol. The summed E-state index contributed by atoms with van der Waals surface area (Å²) < 4.78 is 31.2. The Balaban J connectivity index is 2.35. The van der Waals surface area contributed by atoms with Crippen LogP contribution in [0.4, 0.5) is 0 Å². The van der Waals surface area contributed by atoms with Gasteiger partial charge in [-0.1, -0.05) is 6.07 Å². The first-order valence-corrected chi connectivity index (χ1v) is 9.77. The summed E-state index contributed by atoms with van der Waals surface area (Å²) in [7, 11) is -6.11. The highest BCUT2D eigenvalue weighted by molar-refractivity contribution is 7.60. The molecule has 5 N–H and O–H groups in total. The van der Waals surface area contributed by atoms with Gasteiger partial charge in [0.15, 0.2) is 0 Å². The van der Waals surface area contributed by atoms with E-state index in [0.717, 1.165) is 12.1 Å². The van der Waals surface area contributed by atoms with Gasteiger partial charge in [0.1, 0.15) is 5.75 Å². The number of hydrogen-bond donors (Lipinski definition) is 5. The van der Waals surface area contributed by atoms with E-state index in [0.29, 0.717) is 17.3 Å². The van der Waals surface area contributed by atoms with Gasteiger partial charge in [-0.25, -0.2) is 9.13 Å². The number of rotatable bonds is 7. The van der Waals surface area contributed by atoms with E-state index in [1.165, 1.54) is 11.0 Å². The zero-order valence-electron chi connectivity index (χ0n) is 12.6. The Morgan fingerprint density at radius 2 is 1.91 bits per heavy atom. The second-order valence-electron chi connectivity index (χ2n) is 5.33. The molecule has 0 aliphatic carbocycles. The van der Waals surface area contributed by atoms with Crippen LogP contribution in [-0.4, -0.2) is 40.3 Å². The fraction of sp³-hybridized carbons (Fsp3) is 0.333. The maximum absolute atomic E-state index is 11.7. The number of phosphoric ester groups is 1. The summed E-state index contributed by atoms with van der Waals surface area (Å²) >= 11 is 0. The van der Waals surface area contributed by atoms with E-state index < -0.39 is 15.6 Å². The number of fused-ring (bicyclic) bond motifs is 1. The van der Waals surface area contributed by atoms with Crippen molar-refractivity contribution in [1.82, 2.24) is 4.98 Å². The molecular formula is C12H19N2O7P2+. The van der Waals surface area contributed by atoms with Gasteiger partial charge < -0.3 is 24.2 Å². The summed E-state index contributed by atoms with van der Waals surface area (Å²) in [6.07, 6.45) is 2.46. The zero-order chi connectivity index (χ0) is 17.3. The molecule has 9 nitrogen and oxygen atoms in total. The molecule has 1 aromatic heterocycles. The van der Waals surface area contributed by atoms with Crippen LogP contribution in [-0.2, 0) is 19.9 Å². The summed E-state index contributed by atoms with van der Waals surface area (Å²) in [6, 6.07) is 4.79. The maximum atomic E-state index is 11.7. The molecule has 0 amide bonds. The van der Waals surface area contributed by atoms with Gasteiger partial charge in [-0.15, -0.1) is 0 Å². The van der Waals surface area contributed by atoms with Gasteiger partial charge in [0.2, 0.25) is 0 Å². The van der Waals surface area contributed by atoms with Crippen molar-refractivity contribution in [3.05, 3.63) is 30.0 Å². The highest BCUT2D eigenvalue weighted by atomic mass is 31.3. The largest absolute Gasteiger partial charge is 0.536 e. The maximum Gasteiger partial charge on any atom is 0.536 e. The Kier molecular flexibility index (Phi) is 5.33. The standard InChI is InChI=1S/C12H18N2O7P2/c1-14(2)7-6-9-8-13-10-4-3-5-11(12(9)10)20-23(18,19)21-22(15,16)17/h3-5,8,13H,6-7H2,1-2H3,(H,18,19)(H2,15,16,17)/p+1. The normalized spacial score (nSPS) is 15.0. The van der Waals surface area contributed by atoms with Crippen LogP contribution in [0.3, 0.4) is 0 Å². The molecule has 2 rings (SSSR count). The number of phosphoric acid groups is 2. The molecule has 11 heteroatoms. The Labute approximate surface area is 132 Å². The van der Waals surface area contributed by atoms with Gasteiger partial charge >= 0.3 is 15.6 Å². The van der Waals surface area contributed by atoms with Gasteiger partial charge in [0.05, 0.1) is 20.6 Å². The van der Waals surface area contributed by atoms with Crippen LogP contribution >= 0.6 is 15.6 Å². The lowest BCUT2D eigenvalue weighted by molar-refractivity contribution is -0.858. The number of benzene rings is 1. The van der Waals surface area contributed by atoms with Crippen molar-refractivity contribution in [2.24, 2.45) is 0 Å². The van der Waals surface area contributed by atoms with Gasteiger partial charge in [0.25, 0.3) is 0 Å². The molecule has 1 heterocycles. The molecule has 1 unspecified atom stereocenters. The number of hydrogen-bond acceptors (Lipinski definition) is 4. The lowest BCUT2D eigenvalue weighted by atomic mass is 10.1. The Morgan fingerprint density at radius 3 is 2.52 bits per heavy atom. The molecule has 0 spiro atoms. The fourth-order valence-electron chi connectivity index (χ4n) is 2.15. The minimum atomic E-state index is -5.16. The molecule has 0 saturated carbocycles. The highest BCUT2D eigenvalue weighted by Gasteiger charge is 2.34. The number of H-pyrrole nitrogens is 1. The SMILES string of the molecule is C[NH+](C)CCc1c[nH]c2cccc(OP(=O)(O)OP(=O)(O)O)c12. The molecular weight excluding hydrogens is 346 g/mol. The molecule has 1 aromatic carbocycles. The summed E-state index contributed by atoms with van der Waals surface area (Å²) in [5.41, 5.74) is 1.55. The fourth-order valence-corrected chi connectivity index (χ4v) is 3.76. The van der Waals surface area contributed by atoms with Crippen molar-refractivity contribution in [2.75, 3.05) is 20.6 Å². The van der Waals surface area contributed by atoms with Crippen LogP contribution in [0.25, 0.3) is 10.9 Å². The third-order valence-corrected chi connectivity index (χ3v) is 5.17. The first-order chi connectivity index (χ1) is 10.6. The molecule has 0 aliphatic rings. The monoisotopic (exact) mass is 365 g/mol. The van der Waals surface area contributed by atoms with Crippen LogP contribution in [0.2, 0.25) is 0 Å². The quantitative estimate of drug-likeness (QED) is 0.450. The summed E-state index contributed by atoms with van der Waals surface area (Å²) in [4.78, 5) is 31.1. The minimum Gasteiger partial charge on any atom is -0.403 e. The van der Waals surface area contributed by atoms with E-state index in [9.17, 15) is 14.0 Å². The first kappa shape index (κ1) is 18.2. The molecule has 128 valence electrons. The number of quaternary nitrogens is 1. The third kappa shape index (κ3) is 5.16. The lowest BCUT2D eigenvalue weighted by Gasteiger charge is -2.14. The van der Waals surface area contributed by atoms with Crippen molar-refractivity contribution in [2.45, 2.75) is 6.42 Å². The zero-order valence-corrected chi connectivity index (χ0v) is 14.4. The van der Waals surface area contributed by atoms with Gasteiger partial charge in [0, 0.05) is 23.5 Å². The number of nitrogens with one attached hydrogen (secondary N) is 2. The second kappa shape index (κ2) is 6.75. The molecule has 0 bridgehead atoms. The smallest absolute Gasteiger partial charge is 0.403 e. The topological polar surface area (TPSA) is 134 Å². The van der Waals surface area contributed by atoms with Crippen LogP contribution < -0.4 is 9.42 Å². The van der Waals surface area contributed by atoms with Crippen LogP contribution in [0.1, 0.15) is 5.56 Å². The predicted molar refractivity (Wildman–Crippen MR) is 83.3 cm³/mol.